The van der Waals surface area contributed by atoms with E-state index in [1.54, 1.807) is 18.2 Å². The third kappa shape index (κ3) is 4.56. The maximum absolute atomic E-state index is 12.8. The molecule has 5 heteroatoms. The van der Waals surface area contributed by atoms with Crippen LogP contribution < -0.4 is 5.32 Å². The predicted octanol–water partition coefficient (Wildman–Crippen LogP) is 6.76. The summed E-state index contributed by atoms with van der Waals surface area (Å²) in [7, 11) is 0. The summed E-state index contributed by atoms with van der Waals surface area (Å²) in [6.07, 6.45) is 1.66. The molecular formula is C27H20BrN3O. The highest BCUT2D eigenvalue weighted by Crippen LogP contribution is 2.32. The van der Waals surface area contributed by atoms with Gasteiger partial charge in [-0.05, 0) is 61.0 Å². The summed E-state index contributed by atoms with van der Waals surface area (Å²) < 4.78 is 3.06. The second-order valence-electron chi connectivity index (χ2n) is 7.26. The minimum atomic E-state index is -0.445. The molecule has 1 N–H and O–H groups in total. The van der Waals surface area contributed by atoms with Crippen LogP contribution in [0, 0.1) is 18.3 Å². The van der Waals surface area contributed by atoms with E-state index in [9.17, 15) is 10.1 Å². The summed E-state index contributed by atoms with van der Waals surface area (Å²) in [6, 6.07) is 31.3. The molecule has 3 aromatic carbocycles. The van der Waals surface area contributed by atoms with Crippen molar-refractivity contribution in [2.45, 2.75) is 6.92 Å². The van der Waals surface area contributed by atoms with E-state index < -0.39 is 5.91 Å². The second-order valence-corrected chi connectivity index (χ2v) is 8.17. The van der Waals surface area contributed by atoms with Crippen molar-refractivity contribution in [3.63, 3.8) is 0 Å². The Bertz CT molecular complexity index is 1320. The molecule has 1 amide bonds. The van der Waals surface area contributed by atoms with Crippen molar-refractivity contribution in [1.82, 2.24) is 4.57 Å². The number of anilines is 1. The molecule has 0 radical (unpaired) electrons. The molecule has 0 fully saturated rings. The summed E-state index contributed by atoms with van der Waals surface area (Å²) in [5.41, 5.74) is 5.42. The number of nitrogens with zero attached hydrogens (tertiary/aromatic N) is 2. The number of halogens is 1. The lowest BCUT2D eigenvalue weighted by Crippen LogP contribution is -2.13. The van der Waals surface area contributed by atoms with Crippen LogP contribution >= 0.6 is 15.9 Å². The first-order valence-electron chi connectivity index (χ1n) is 10.1. The Morgan fingerprint density at radius 2 is 1.59 bits per heavy atom. The summed E-state index contributed by atoms with van der Waals surface area (Å²) >= 11 is 3.38. The molecule has 0 saturated heterocycles. The Labute approximate surface area is 195 Å². The van der Waals surface area contributed by atoms with Gasteiger partial charge in [-0.2, -0.15) is 5.26 Å². The van der Waals surface area contributed by atoms with Gasteiger partial charge in [0, 0.05) is 27.1 Å². The van der Waals surface area contributed by atoms with E-state index in [0.29, 0.717) is 5.69 Å². The summed E-state index contributed by atoms with van der Waals surface area (Å²) in [6.45, 7) is 2.02. The lowest BCUT2D eigenvalue weighted by Gasteiger charge is -2.13. The number of aromatic nitrogens is 1. The minimum Gasteiger partial charge on any atom is -0.321 e. The molecule has 0 unspecified atom stereocenters. The molecular weight excluding hydrogens is 462 g/mol. The van der Waals surface area contributed by atoms with Gasteiger partial charge >= 0.3 is 0 Å². The van der Waals surface area contributed by atoms with Crippen molar-refractivity contribution in [3.8, 4) is 23.0 Å². The molecule has 0 atom stereocenters. The average molecular weight is 482 g/mol. The SMILES string of the molecule is Cc1cc(/C=C(/C#N)C(=O)Nc2ccc(Br)cc2)c(-c2ccccc2)n1-c1ccccc1. The van der Waals surface area contributed by atoms with Crippen LogP contribution in [0.1, 0.15) is 11.3 Å². The molecule has 156 valence electrons. The molecule has 0 saturated carbocycles. The predicted molar refractivity (Wildman–Crippen MR) is 132 cm³/mol. The van der Waals surface area contributed by atoms with Crippen LogP contribution in [0.5, 0.6) is 0 Å². The highest BCUT2D eigenvalue weighted by atomic mass is 79.9. The standard InChI is InChI=1S/C27H20BrN3O/c1-19-16-21(17-22(18-29)27(32)30-24-14-12-23(28)13-15-24)26(20-8-4-2-5-9-20)31(19)25-10-6-3-7-11-25/h2-17H,1H3,(H,30,32)/b22-17-. The number of carbonyl (C=O) groups excluding carboxylic acids is 1. The van der Waals surface area contributed by atoms with Gasteiger partial charge in [0.2, 0.25) is 0 Å². The van der Waals surface area contributed by atoms with Crippen molar-refractivity contribution in [2.75, 3.05) is 5.32 Å². The van der Waals surface area contributed by atoms with E-state index in [2.05, 4.69) is 31.9 Å². The fraction of sp³-hybridized carbons (Fsp3) is 0.0370. The maximum Gasteiger partial charge on any atom is 0.266 e. The first-order valence-corrected chi connectivity index (χ1v) is 10.9. The topological polar surface area (TPSA) is 57.8 Å². The molecule has 4 nitrogen and oxygen atoms in total. The molecule has 0 aliphatic heterocycles. The molecule has 1 aromatic heterocycles. The quantitative estimate of drug-likeness (QED) is 0.252. The first kappa shape index (κ1) is 21.4. The first-order chi connectivity index (χ1) is 15.6. The van der Waals surface area contributed by atoms with E-state index in [1.807, 2.05) is 85.8 Å². The van der Waals surface area contributed by atoms with Crippen LogP contribution in [-0.4, -0.2) is 10.5 Å². The second kappa shape index (κ2) is 9.51. The molecule has 0 aliphatic rings. The van der Waals surface area contributed by atoms with Gasteiger partial charge < -0.3 is 9.88 Å². The molecule has 4 rings (SSSR count). The molecule has 0 bridgehead atoms. The van der Waals surface area contributed by atoms with Gasteiger partial charge in [0.1, 0.15) is 11.6 Å². The van der Waals surface area contributed by atoms with Gasteiger partial charge in [-0.25, -0.2) is 0 Å². The Hall–Kier alpha value is -3.88. The van der Waals surface area contributed by atoms with Crippen molar-refractivity contribution < 1.29 is 4.79 Å². The Balaban J connectivity index is 1.80. The number of carbonyl (C=O) groups is 1. The molecule has 0 aliphatic carbocycles. The molecule has 0 spiro atoms. The molecule has 1 heterocycles. The number of hydrogen-bond donors (Lipinski definition) is 1. The van der Waals surface area contributed by atoms with Crippen molar-refractivity contribution in [3.05, 3.63) is 112 Å². The van der Waals surface area contributed by atoms with Crippen LogP contribution in [0.4, 0.5) is 5.69 Å². The number of hydrogen-bond acceptors (Lipinski definition) is 2. The number of benzene rings is 3. The average Bonchev–Trinajstić information content (AvgIpc) is 3.15. The van der Waals surface area contributed by atoms with Gasteiger partial charge in [0.05, 0.1) is 5.69 Å². The van der Waals surface area contributed by atoms with Crippen LogP contribution in [0.2, 0.25) is 0 Å². The largest absolute Gasteiger partial charge is 0.321 e. The number of aryl methyl sites for hydroxylation is 1. The van der Waals surface area contributed by atoms with Gasteiger partial charge in [0.25, 0.3) is 5.91 Å². The number of amides is 1. The van der Waals surface area contributed by atoms with Gasteiger partial charge in [-0.15, -0.1) is 0 Å². The van der Waals surface area contributed by atoms with Crippen molar-refractivity contribution in [1.29, 1.82) is 5.26 Å². The van der Waals surface area contributed by atoms with E-state index >= 15 is 0 Å². The Kier molecular flexibility index (Phi) is 6.34. The van der Waals surface area contributed by atoms with Crippen molar-refractivity contribution >= 4 is 33.6 Å². The summed E-state index contributed by atoms with van der Waals surface area (Å²) in [4.78, 5) is 12.8. The van der Waals surface area contributed by atoms with Crippen LogP contribution in [0.3, 0.4) is 0 Å². The third-order valence-corrected chi connectivity index (χ3v) is 5.57. The number of nitriles is 1. The fourth-order valence-electron chi connectivity index (χ4n) is 3.61. The summed E-state index contributed by atoms with van der Waals surface area (Å²) in [5.74, 6) is -0.445. The highest BCUT2D eigenvalue weighted by molar-refractivity contribution is 9.10. The lowest BCUT2D eigenvalue weighted by molar-refractivity contribution is -0.112. The molecule has 4 aromatic rings. The zero-order chi connectivity index (χ0) is 22.5. The molecule has 32 heavy (non-hydrogen) atoms. The zero-order valence-electron chi connectivity index (χ0n) is 17.4. The van der Waals surface area contributed by atoms with Crippen LogP contribution in [0.25, 0.3) is 23.0 Å². The van der Waals surface area contributed by atoms with Gasteiger partial charge in [0.15, 0.2) is 0 Å². The lowest BCUT2D eigenvalue weighted by atomic mass is 10.0. The van der Waals surface area contributed by atoms with E-state index in [1.165, 1.54) is 0 Å². The monoisotopic (exact) mass is 481 g/mol. The Morgan fingerprint density at radius 1 is 0.969 bits per heavy atom. The maximum atomic E-state index is 12.8. The number of nitrogens with one attached hydrogen (secondary N) is 1. The minimum absolute atomic E-state index is 0.0373. The smallest absolute Gasteiger partial charge is 0.266 e. The summed E-state index contributed by atoms with van der Waals surface area (Å²) in [5, 5.41) is 12.5. The third-order valence-electron chi connectivity index (χ3n) is 5.04. The van der Waals surface area contributed by atoms with Gasteiger partial charge in [-0.1, -0.05) is 64.5 Å². The van der Waals surface area contributed by atoms with E-state index in [4.69, 9.17) is 0 Å². The Morgan fingerprint density at radius 3 is 2.22 bits per heavy atom. The fourth-order valence-corrected chi connectivity index (χ4v) is 3.88. The zero-order valence-corrected chi connectivity index (χ0v) is 19.0. The van der Waals surface area contributed by atoms with E-state index in [0.717, 1.165) is 32.7 Å². The number of rotatable bonds is 5. The van der Waals surface area contributed by atoms with Crippen LogP contribution in [-0.2, 0) is 4.79 Å². The van der Waals surface area contributed by atoms with Crippen molar-refractivity contribution in [2.24, 2.45) is 0 Å². The van der Waals surface area contributed by atoms with E-state index in [-0.39, 0.29) is 5.57 Å². The van der Waals surface area contributed by atoms with Crippen LogP contribution in [0.15, 0.2) is 101 Å². The number of para-hydroxylation sites is 1. The normalized spacial score (nSPS) is 11.1. The van der Waals surface area contributed by atoms with Gasteiger partial charge in [-0.3, -0.25) is 4.79 Å². The highest BCUT2D eigenvalue weighted by Gasteiger charge is 2.17.